The second-order valence-corrected chi connectivity index (χ2v) is 4.14. The van der Waals surface area contributed by atoms with Crippen LogP contribution in [0.2, 0.25) is 0 Å². The molecule has 16 heavy (non-hydrogen) atoms. The van der Waals surface area contributed by atoms with Gasteiger partial charge in [0.05, 0.1) is 6.61 Å². The standard InChI is InChI=1S/C10H15NO5/c1-2-6-11-7-8(12)9(16-10(7)15-6)5-3-13-4-14-5/h5,7-10,12H,2-4H2,1H3. The van der Waals surface area contributed by atoms with Crippen LogP contribution in [-0.2, 0) is 18.9 Å². The van der Waals surface area contributed by atoms with Crippen molar-refractivity contribution in [3.63, 3.8) is 0 Å². The van der Waals surface area contributed by atoms with Crippen LogP contribution in [0.5, 0.6) is 0 Å². The summed E-state index contributed by atoms with van der Waals surface area (Å²) in [7, 11) is 0. The lowest BCUT2D eigenvalue weighted by atomic mass is 10.1. The zero-order valence-electron chi connectivity index (χ0n) is 9.04. The normalized spacial score (nSPS) is 46.6. The largest absolute Gasteiger partial charge is 0.450 e. The topological polar surface area (TPSA) is 69.5 Å². The van der Waals surface area contributed by atoms with E-state index < -0.39 is 18.5 Å². The summed E-state index contributed by atoms with van der Waals surface area (Å²) in [6.07, 6.45) is -1.04. The maximum atomic E-state index is 10.1. The van der Waals surface area contributed by atoms with E-state index in [1.54, 1.807) is 0 Å². The molecule has 3 aliphatic heterocycles. The highest BCUT2D eigenvalue weighted by molar-refractivity contribution is 5.77. The number of ether oxygens (including phenoxy) is 4. The van der Waals surface area contributed by atoms with E-state index in [9.17, 15) is 5.11 Å². The highest BCUT2D eigenvalue weighted by Crippen LogP contribution is 2.33. The fourth-order valence-electron chi connectivity index (χ4n) is 2.26. The molecule has 1 N–H and O–H groups in total. The fraction of sp³-hybridized carbons (Fsp3) is 0.900. The molecule has 0 aromatic rings. The van der Waals surface area contributed by atoms with Gasteiger partial charge in [-0.1, -0.05) is 6.92 Å². The van der Waals surface area contributed by atoms with Crippen molar-refractivity contribution in [1.29, 1.82) is 0 Å². The average Bonchev–Trinajstić information content (AvgIpc) is 2.96. The lowest BCUT2D eigenvalue weighted by molar-refractivity contribution is -0.122. The number of hydrogen-bond acceptors (Lipinski definition) is 6. The molecule has 6 heteroatoms. The third-order valence-electron chi connectivity index (χ3n) is 3.12. The number of aliphatic imine (C=N–C) groups is 1. The molecule has 2 saturated heterocycles. The molecule has 0 amide bonds. The minimum absolute atomic E-state index is 0.218. The van der Waals surface area contributed by atoms with Gasteiger partial charge in [0.1, 0.15) is 31.1 Å². The molecular weight excluding hydrogens is 214 g/mol. The first-order chi connectivity index (χ1) is 7.79. The number of aliphatic hydroxyl groups is 1. The molecule has 3 rings (SSSR count). The molecule has 0 bridgehead atoms. The van der Waals surface area contributed by atoms with Gasteiger partial charge in [0, 0.05) is 6.42 Å². The zero-order valence-corrected chi connectivity index (χ0v) is 9.04. The van der Waals surface area contributed by atoms with E-state index in [4.69, 9.17) is 18.9 Å². The molecule has 0 radical (unpaired) electrons. The first kappa shape index (κ1) is 10.5. The van der Waals surface area contributed by atoms with Gasteiger partial charge < -0.3 is 24.1 Å². The predicted molar refractivity (Wildman–Crippen MR) is 53.0 cm³/mol. The van der Waals surface area contributed by atoms with E-state index in [0.29, 0.717) is 12.5 Å². The van der Waals surface area contributed by atoms with Crippen LogP contribution in [0, 0.1) is 0 Å². The van der Waals surface area contributed by atoms with E-state index >= 15 is 0 Å². The van der Waals surface area contributed by atoms with Gasteiger partial charge in [-0.05, 0) is 0 Å². The zero-order chi connectivity index (χ0) is 11.1. The average molecular weight is 229 g/mol. The van der Waals surface area contributed by atoms with E-state index in [2.05, 4.69) is 4.99 Å². The van der Waals surface area contributed by atoms with Crippen LogP contribution in [0.25, 0.3) is 0 Å². The van der Waals surface area contributed by atoms with Crippen LogP contribution in [0.4, 0.5) is 0 Å². The first-order valence-corrected chi connectivity index (χ1v) is 5.56. The molecule has 3 aliphatic rings. The first-order valence-electron chi connectivity index (χ1n) is 5.56. The molecule has 0 aromatic heterocycles. The summed E-state index contributed by atoms with van der Waals surface area (Å²) in [4.78, 5) is 4.29. The molecule has 6 nitrogen and oxygen atoms in total. The van der Waals surface area contributed by atoms with E-state index in [-0.39, 0.29) is 18.9 Å². The summed E-state index contributed by atoms with van der Waals surface area (Å²) in [5, 5.41) is 10.1. The van der Waals surface area contributed by atoms with Crippen LogP contribution in [0.15, 0.2) is 4.99 Å². The minimum Gasteiger partial charge on any atom is -0.450 e. The molecule has 0 spiro atoms. The van der Waals surface area contributed by atoms with Crippen molar-refractivity contribution < 1.29 is 24.1 Å². The minimum atomic E-state index is -0.680. The van der Waals surface area contributed by atoms with Crippen molar-refractivity contribution >= 4 is 5.90 Å². The van der Waals surface area contributed by atoms with Gasteiger partial charge in [-0.25, -0.2) is 4.99 Å². The Labute approximate surface area is 93.1 Å². The van der Waals surface area contributed by atoms with Crippen LogP contribution < -0.4 is 0 Å². The van der Waals surface area contributed by atoms with Gasteiger partial charge >= 0.3 is 0 Å². The van der Waals surface area contributed by atoms with E-state index in [1.165, 1.54) is 0 Å². The van der Waals surface area contributed by atoms with Crippen LogP contribution in [0.3, 0.4) is 0 Å². The number of nitrogens with zero attached hydrogens (tertiary/aromatic N) is 1. The third-order valence-corrected chi connectivity index (χ3v) is 3.12. The summed E-state index contributed by atoms with van der Waals surface area (Å²) in [5.74, 6) is 0.649. The molecule has 5 unspecified atom stereocenters. The number of rotatable bonds is 2. The van der Waals surface area contributed by atoms with Crippen LogP contribution >= 0.6 is 0 Å². The van der Waals surface area contributed by atoms with Crippen LogP contribution in [0.1, 0.15) is 13.3 Å². The Balaban J connectivity index is 1.71. The smallest absolute Gasteiger partial charge is 0.227 e. The van der Waals surface area contributed by atoms with Crippen molar-refractivity contribution in [3.05, 3.63) is 0 Å². The second-order valence-electron chi connectivity index (χ2n) is 4.14. The van der Waals surface area contributed by atoms with Crippen molar-refractivity contribution in [1.82, 2.24) is 0 Å². The summed E-state index contributed by atoms with van der Waals surface area (Å²) in [5.41, 5.74) is 0. The Kier molecular flexibility index (Phi) is 2.59. The monoisotopic (exact) mass is 229 g/mol. The van der Waals surface area contributed by atoms with Gasteiger partial charge in [0.2, 0.25) is 6.29 Å². The molecular formula is C10H15NO5. The highest BCUT2D eigenvalue weighted by Gasteiger charge is 2.52. The van der Waals surface area contributed by atoms with Gasteiger partial charge in [0.15, 0.2) is 5.90 Å². The van der Waals surface area contributed by atoms with Crippen LogP contribution in [-0.4, -0.2) is 55.0 Å². The fourth-order valence-corrected chi connectivity index (χ4v) is 2.26. The van der Waals surface area contributed by atoms with Crippen molar-refractivity contribution in [2.45, 2.75) is 44.0 Å². The quantitative estimate of drug-likeness (QED) is 0.701. The molecule has 90 valence electrons. The van der Waals surface area contributed by atoms with Crippen molar-refractivity contribution in [3.8, 4) is 0 Å². The van der Waals surface area contributed by atoms with Gasteiger partial charge in [-0.3, -0.25) is 0 Å². The summed E-state index contributed by atoms with van der Waals surface area (Å²) < 4.78 is 21.5. The van der Waals surface area contributed by atoms with Gasteiger partial charge in [-0.2, -0.15) is 0 Å². The second kappa shape index (κ2) is 3.96. The van der Waals surface area contributed by atoms with Gasteiger partial charge in [-0.15, -0.1) is 0 Å². The molecule has 2 fully saturated rings. The van der Waals surface area contributed by atoms with Crippen molar-refractivity contribution in [2.75, 3.05) is 13.4 Å². The van der Waals surface area contributed by atoms with Crippen molar-refractivity contribution in [2.24, 2.45) is 4.99 Å². The molecule has 3 heterocycles. The lowest BCUT2D eigenvalue weighted by Crippen LogP contribution is -2.39. The maximum Gasteiger partial charge on any atom is 0.227 e. The molecule has 0 aromatic carbocycles. The number of aliphatic hydroxyl groups excluding tert-OH is 1. The Morgan fingerprint density at radius 1 is 1.50 bits per heavy atom. The Bertz CT molecular complexity index is 302. The molecule has 0 saturated carbocycles. The summed E-state index contributed by atoms with van der Waals surface area (Å²) in [6.45, 7) is 2.67. The number of hydrogen-bond donors (Lipinski definition) is 1. The number of fused-ring (bicyclic) bond motifs is 1. The summed E-state index contributed by atoms with van der Waals surface area (Å²) in [6, 6.07) is -0.316. The predicted octanol–water partition coefficient (Wildman–Crippen LogP) is -0.348. The SMILES string of the molecule is CCC1=NC2C(O1)OC(C1COCO1)C2O. The Morgan fingerprint density at radius 3 is 3.00 bits per heavy atom. The molecule has 0 aliphatic carbocycles. The maximum absolute atomic E-state index is 10.1. The van der Waals surface area contributed by atoms with E-state index in [0.717, 1.165) is 6.42 Å². The van der Waals surface area contributed by atoms with Gasteiger partial charge in [0.25, 0.3) is 0 Å². The Morgan fingerprint density at radius 2 is 2.38 bits per heavy atom. The van der Waals surface area contributed by atoms with E-state index in [1.807, 2.05) is 6.92 Å². The highest BCUT2D eigenvalue weighted by atomic mass is 16.7. The lowest BCUT2D eigenvalue weighted by Gasteiger charge is -2.19. The summed E-state index contributed by atoms with van der Waals surface area (Å²) >= 11 is 0. The third kappa shape index (κ3) is 1.53. The Hall–Kier alpha value is -0.690. The molecule has 5 atom stereocenters.